The molecule has 1 aromatic rings. The number of hydrogen-bond donors (Lipinski definition) is 0. The Hall–Kier alpha value is -0.350. The van der Waals surface area contributed by atoms with Crippen molar-refractivity contribution in [3.05, 3.63) is 28.8 Å². The number of aryl methyl sites for hydroxylation is 1. The largest absolute Gasteiger partial charge is 0.105 e. The molecule has 1 unspecified atom stereocenters. The minimum Gasteiger partial charge on any atom is -0.105 e. The van der Waals surface area contributed by atoms with Gasteiger partial charge in [0.1, 0.15) is 0 Å². The molecule has 1 rings (SSSR count). The Morgan fingerprint density at radius 2 is 1.08 bits per heavy atom. The number of rotatable bonds is 14. The average molecular weight is 349 g/mol. The van der Waals surface area contributed by atoms with Gasteiger partial charge in [-0.2, -0.15) is 0 Å². The maximum absolute atomic E-state index is 2.98. The summed E-state index contributed by atoms with van der Waals surface area (Å²) < 4.78 is 0. The van der Waals surface area contributed by atoms with Crippen LogP contribution in [0.25, 0.3) is 0 Å². The Balaban J connectivity index is 2.46. The Morgan fingerprint density at radius 3 is 1.62 bits per heavy atom. The van der Waals surface area contributed by atoms with E-state index in [4.69, 9.17) is 0 Å². The van der Waals surface area contributed by atoms with Crippen molar-refractivity contribution in [3.8, 4) is 0 Å². The zero-order valence-electron chi connectivity index (χ0n) is 16.6. The van der Waals surface area contributed by atoms with Crippen molar-refractivity contribution in [1.82, 2.24) is 0 Å². The summed E-state index contributed by atoms with van der Waals surface area (Å²) in [4.78, 5) is 0. The fourth-order valence-electron chi connectivity index (χ4n) is 3.64. The van der Waals surface area contributed by atoms with E-state index in [2.05, 4.69) is 42.1 Å². The van der Waals surface area contributed by atoms with Gasteiger partial charge >= 0.3 is 0 Å². The van der Waals surface area contributed by atoms with Crippen LogP contribution in [0.2, 0.25) is 0 Å². The monoisotopic (exact) mass is 348 g/mol. The molecule has 0 saturated carbocycles. The van der Waals surface area contributed by atoms with E-state index in [9.17, 15) is 0 Å². The predicted molar refractivity (Wildman–Crippen MR) is 115 cm³/mol. The molecule has 0 aliphatic heterocycles. The van der Waals surface area contributed by atoms with Gasteiger partial charge in [-0.3, -0.25) is 0 Å². The third kappa shape index (κ3) is 8.66. The molecule has 0 fully saturated rings. The molecular weight excluding hydrogens is 307 g/mol. The van der Waals surface area contributed by atoms with Gasteiger partial charge in [0.25, 0.3) is 0 Å². The standard InChI is InChI=1S/C23H41P/c1-4-6-8-10-12-14-16-21-20(3)18-19-23(24)22(21)17-15-13-11-9-7-5-2/h18-19H,4-17,24H2,1-3H3. The smallest absolute Gasteiger partial charge is 0.0268 e. The fourth-order valence-corrected chi connectivity index (χ4v) is 4.05. The van der Waals surface area contributed by atoms with Gasteiger partial charge in [0.2, 0.25) is 0 Å². The third-order valence-electron chi connectivity index (χ3n) is 5.26. The van der Waals surface area contributed by atoms with Gasteiger partial charge in [-0.25, -0.2) is 0 Å². The summed E-state index contributed by atoms with van der Waals surface area (Å²) in [6.07, 6.45) is 19.2. The van der Waals surface area contributed by atoms with E-state index in [1.807, 2.05) is 0 Å². The van der Waals surface area contributed by atoms with Crippen LogP contribution in [-0.2, 0) is 12.8 Å². The first kappa shape index (κ1) is 21.7. The highest BCUT2D eigenvalue weighted by molar-refractivity contribution is 7.27. The number of hydrogen-bond acceptors (Lipinski definition) is 0. The molecule has 0 heterocycles. The molecule has 0 aliphatic carbocycles. The summed E-state index contributed by atoms with van der Waals surface area (Å²) in [7, 11) is 2.98. The lowest BCUT2D eigenvalue weighted by Gasteiger charge is -2.16. The van der Waals surface area contributed by atoms with Crippen LogP contribution in [0, 0.1) is 6.92 Å². The quantitative estimate of drug-likeness (QED) is 0.244. The van der Waals surface area contributed by atoms with Crippen molar-refractivity contribution in [2.45, 2.75) is 111 Å². The molecule has 0 spiro atoms. The second kappa shape index (κ2) is 13.9. The van der Waals surface area contributed by atoms with Crippen LogP contribution in [0.15, 0.2) is 12.1 Å². The highest BCUT2D eigenvalue weighted by Gasteiger charge is 2.09. The first-order chi connectivity index (χ1) is 11.7. The maximum atomic E-state index is 2.98. The van der Waals surface area contributed by atoms with Crippen LogP contribution in [0.5, 0.6) is 0 Å². The predicted octanol–water partition coefficient (Wildman–Crippen LogP) is 7.30. The van der Waals surface area contributed by atoms with Crippen LogP contribution in [-0.4, -0.2) is 0 Å². The normalized spacial score (nSPS) is 11.2. The van der Waals surface area contributed by atoms with Crippen LogP contribution in [0.1, 0.15) is 108 Å². The van der Waals surface area contributed by atoms with Crippen molar-refractivity contribution in [3.63, 3.8) is 0 Å². The van der Waals surface area contributed by atoms with E-state index < -0.39 is 0 Å². The summed E-state index contributed by atoms with van der Waals surface area (Å²) in [5, 5.41) is 1.44. The van der Waals surface area contributed by atoms with Gasteiger partial charge in [-0.05, 0) is 54.6 Å². The van der Waals surface area contributed by atoms with Gasteiger partial charge in [-0.1, -0.05) is 90.2 Å². The molecule has 24 heavy (non-hydrogen) atoms. The summed E-state index contributed by atoms with van der Waals surface area (Å²) in [5.74, 6) is 0. The summed E-state index contributed by atoms with van der Waals surface area (Å²) >= 11 is 0. The molecule has 0 N–H and O–H groups in total. The van der Waals surface area contributed by atoms with Gasteiger partial charge < -0.3 is 0 Å². The van der Waals surface area contributed by atoms with E-state index in [1.54, 1.807) is 11.1 Å². The molecule has 138 valence electrons. The molecule has 0 aromatic heterocycles. The van der Waals surface area contributed by atoms with E-state index in [-0.39, 0.29) is 0 Å². The average Bonchev–Trinajstić information content (AvgIpc) is 2.58. The van der Waals surface area contributed by atoms with E-state index in [0.29, 0.717) is 0 Å². The summed E-state index contributed by atoms with van der Waals surface area (Å²) in [5.41, 5.74) is 4.81. The second-order valence-corrected chi connectivity index (χ2v) is 8.09. The van der Waals surface area contributed by atoms with Crippen molar-refractivity contribution in [1.29, 1.82) is 0 Å². The minimum absolute atomic E-state index is 1.28. The van der Waals surface area contributed by atoms with Crippen molar-refractivity contribution in [2.75, 3.05) is 0 Å². The fraction of sp³-hybridized carbons (Fsp3) is 0.739. The van der Waals surface area contributed by atoms with Gasteiger partial charge in [0, 0.05) is 0 Å². The molecule has 0 nitrogen and oxygen atoms in total. The van der Waals surface area contributed by atoms with E-state index in [1.165, 1.54) is 101 Å². The Morgan fingerprint density at radius 1 is 0.625 bits per heavy atom. The first-order valence-corrected chi connectivity index (χ1v) is 11.1. The summed E-state index contributed by atoms with van der Waals surface area (Å²) in [6.45, 7) is 6.89. The highest BCUT2D eigenvalue weighted by atomic mass is 31.0. The molecule has 1 aromatic carbocycles. The van der Waals surface area contributed by atoms with Gasteiger partial charge in [-0.15, -0.1) is 9.24 Å². The molecule has 0 radical (unpaired) electrons. The molecule has 0 amide bonds. The molecule has 0 aliphatic rings. The van der Waals surface area contributed by atoms with Crippen LogP contribution < -0.4 is 5.30 Å². The summed E-state index contributed by atoms with van der Waals surface area (Å²) in [6, 6.07) is 4.62. The number of benzene rings is 1. The lowest BCUT2D eigenvalue weighted by atomic mass is 9.93. The Kier molecular flexibility index (Phi) is 12.6. The SMILES string of the molecule is CCCCCCCCc1c(C)ccc(P)c1CCCCCCCC. The number of unbranched alkanes of at least 4 members (excludes halogenated alkanes) is 10. The van der Waals surface area contributed by atoms with Crippen molar-refractivity contribution < 1.29 is 0 Å². The lowest BCUT2D eigenvalue weighted by molar-refractivity contribution is 0.599. The molecule has 1 atom stereocenters. The van der Waals surface area contributed by atoms with Gasteiger partial charge in [0.05, 0.1) is 0 Å². The second-order valence-electron chi connectivity index (χ2n) is 7.46. The molecule has 0 saturated heterocycles. The topological polar surface area (TPSA) is 0 Å². The first-order valence-electron chi connectivity index (χ1n) is 10.6. The Labute approximate surface area is 154 Å². The maximum Gasteiger partial charge on any atom is -0.0268 e. The van der Waals surface area contributed by atoms with E-state index >= 15 is 0 Å². The van der Waals surface area contributed by atoms with Crippen LogP contribution in [0.4, 0.5) is 0 Å². The molecular formula is C23H41P. The van der Waals surface area contributed by atoms with E-state index in [0.717, 1.165) is 0 Å². The molecule has 1 heteroatoms. The van der Waals surface area contributed by atoms with Crippen LogP contribution >= 0.6 is 9.24 Å². The highest BCUT2D eigenvalue weighted by Crippen LogP contribution is 2.21. The zero-order valence-corrected chi connectivity index (χ0v) is 17.8. The minimum atomic E-state index is 1.28. The zero-order chi connectivity index (χ0) is 17.6. The van der Waals surface area contributed by atoms with Crippen LogP contribution in [0.3, 0.4) is 0 Å². The Bertz CT molecular complexity index is 395. The van der Waals surface area contributed by atoms with Crippen molar-refractivity contribution in [2.24, 2.45) is 0 Å². The van der Waals surface area contributed by atoms with Crippen molar-refractivity contribution >= 4 is 14.5 Å². The molecule has 0 bridgehead atoms. The third-order valence-corrected chi connectivity index (χ3v) is 5.80. The van der Waals surface area contributed by atoms with Gasteiger partial charge in [0.15, 0.2) is 0 Å². The lowest BCUT2D eigenvalue weighted by Crippen LogP contribution is -2.09.